The van der Waals surface area contributed by atoms with Gasteiger partial charge in [-0.1, -0.05) is 37.6 Å². The van der Waals surface area contributed by atoms with Gasteiger partial charge >= 0.3 is 5.97 Å². The number of rotatable bonds is 5. The number of aryl methyl sites for hydroxylation is 2. The van der Waals surface area contributed by atoms with E-state index in [1.54, 1.807) is 0 Å². The number of carbonyl (C=O) groups excluding carboxylic acids is 1. The molecule has 3 heteroatoms. The zero-order valence-corrected chi connectivity index (χ0v) is 12.3. The van der Waals surface area contributed by atoms with Crippen molar-refractivity contribution in [3.05, 3.63) is 34.9 Å². The van der Waals surface area contributed by atoms with Gasteiger partial charge in [-0.25, -0.2) is 0 Å². The Morgan fingerprint density at radius 1 is 1.26 bits per heavy atom. The van der Waals surface area contributed by atoms with Gasteiger partial charge in [0.25, 0.3) is 0 Å². The molecule has 1 atom stereocenters. The molecule has 0 saturated carbocycles. The predicted octanol–water partition coefficient (Wildman–Crippen LogP) is 3.48. The molecule has 0 radical (unpaired) electrons. The smallest absolute Gasteiger partial charge is 0.311 e. The Bertz CT molecular complexity index is 501. The van der Waals surface area contributed by atoms with Crippen LogP contribution in [-0.2, 0) is 9.59 Å². The Morgan fingerprint density at radius 2 is 1.84 bits per heavy atom. The molecule has 1 aromatic rings. The van der Waals surface area contributed by atoms with E-state index in [0.29, 0.717) is 0 Å². The SMILES string of the molecule is CC(=O)CC(C)(C)C(C(=O)O)c1cc(C)ccc1C. The molecular weight excluding hydrogens is 240 g/mol. The number of benzene rings is 1. The maximum absolute atomic E-state index is 11.7. The van der Waals surface area contributed by atoms with Gasteiger partial charge in [-0.05, 0) is 37.3 Å². The highest BCUT2D eigenvalue weighted by Crippen LogP contribution is 2.40. The van der Waals surface area contributed by atoms with E-state index in [9.17, 15) is 14.7 Å². The van der Waals surface area contributed by atoms with Crippen molar-refractivity contribution in [1.82, 2.24) is 0 Å². The van der Waals surface area contributed by atoms with Crippen LogP contribution in [0.2, 0.25) is 0 Å². The fourth-order valence-corrected chi connectivity index (χ4v) is 2.70. The average molecular weight is 262 g/mol. The predicted molar refractivity (Wildman–Crippen MR) is 75.4 cm³/mol. The largest absolute Gasteiger partial charge is 0.481 e. The topological polar surface area (TPSA) is 54.4 Å². The van der Waals surface area contributed by atoms with Crippen LogP contribution in [0, 0.1) is 19.3 Å². The summed E-state index contributed by atoms with van der Waals surface area (Å²) in [4.78, 5) is 23.1. The summed E-state index contributed by atoms with van der Waals surface area (Å²) in [6.45, 7) is 9.04. The first-order valence-corrected chi connectivity index (χ1v) is 6.44. The fraction of sp³-hybridized carbons (Fsp3) is 0.500. The van der Waals surface area contributed by atoms with Crippen molar-refractivity contribution in [2.24, 2.45) is 5.41 Å². The molecule has 104 valence electrons. The van der Waals surface area contributed by atoms with Crippen molar-refractivity contribution in [1.29, 1.82) is 0 Å². The minimum absolute atomic E-state index is 0.0153. The molecule has 0 spiro atoms. The van der Waals surface area contributed by atoms with Gasteiger partial charge in [-0.2, -0.15) is 0 Å². The molecule has 19 heavy (non-hydrogen) atoms. The van der Waals surface area contributed by atoms with Gasteiger partial charge < -0.3 is 9.90 Å². The number of ketones is 1. The van der Waals surface area contributed by atoms with E-state index in [1.165, 1.54) is 6.92 Å². The lowest BCUT2D eigenvalue weighted by atomic mass is 9.71. The fourth-order valence-electron chi connectivity index (χ4n) is 2.70. The Hall–Kier alpha value is -1.64. The molecule has 1 unspecified atom stereocenters. The van der Waals surface area contributed by atoms with Crippen molar-refractivity contribution >= 4 is 11.8 Å². The van der Waals surface area contributed by atoms with Crippen LogP contribution in [0.15, 0.2) is 18.2 Å². The van der Waals surface area contributed by atoms with Crippen molar-refractivity contribution in [2.75, 3.05) is 0 Å². The summed E-state index contributed by atoms with van der Waals surface area (Å²) in [5.41, 5.74) is 2.19. The first kappa shape index (κ1) is 15.4. The number of carboxylic acids is 1. The molecule has 3 nitrogen and oxygen atoms in total. The second-order valence-corrected chi connectivity index (χ2v) is 6.00. The van der Waals surface area contributed by atoms with E-state index in [-0.39, 0.29) is 12.2 Å². The van der Waals surface area contributed by atoms with Crippen LogP contribution in [-0.4, -0.2) is 16.9 Å². The zero-order chi connectivity index (χ0) is 14.8. The van der Waals surface area contributed by atoms with Crippen LogP contribution in [0.1, 0.15) is 49.8 Å². The maximum Gasteiger partial charge on any atom is 0.311 e. The number of Topliss-reactive ketones (excluding diaryl/α,β-unsaturated/α-hetero) is 1. The summed E-state index contributed by atoms with van der Waals surface area (Å²) in [5, 5.41) is 9.58. The lowest BCUT2D eigenvalue weighted by molar-refractivity contribution is -0.142. The number of aliphatic carboxylic acids is 1. The normalized spacial score (nSPS) is 13.1. The standard InChI is InChI=1S/C16H22O3/c1-10-6-7-11(2)13(8-10)14(15(18)19)16(4,5)9-12(3)17/h6-8,14H,9H2,1-5H3,(H,18,19). The first-order valence-electron chi connectivity index (χ1n) is 6.44. The van der Waals surface area contributed by atoms with Gasteiger partial charge in [0, 0.05) is 6.42 Å². The molecule has 0 saturated heterocycles. The summed E-state index contributed by atoms with van der Waals surface area (Å²) >= 11 is 0. The van der Waals surface area contributed by atoms with E-state index in [2.05, 4.69) is 0 Å². The van der Waals surface area contributed by atoms with Gasteiger partial charge in [0.15, 0.2) is 0 Å². The van der Waals surface area contributed by atoms with Gasteiger partial charge in [0.2, 0.25) is 0 Å². The molecule has 1 aromatic carbocycles. The average Bonchev–Trinajstić information content (AvgIpc) is 2.20. The van der Waals surface area contributed by atoms with Crippen molar-refractivity contribution in [3.63, 3.8) is 0 Å². The maximum atomic E-state index is 11.7. The summed E-state index contributed by atoms with van der Waals surface area (Å²) in [6.07, 6.45) is 0.261. The Balaban J connectivity index is 3.32. The number of hydrogen-bond donors (Lipinski definition) is 1. The van der Waals surface area contributed by atoms with Crippen LogP contribution in [0.5, 0.6) is 0 Å². The monoisotopic (exact) mass is 262 g/mol. The summed E-state index contributed by atoms with van der Waals surface area (Å²) in [6, 6.07) is 5.82. The molecule has 0 amide bonds. The van der Waals surface area contributed by atoms with E-state index >= 15 is 0 Å². The van der Waals surface area contributed by atoms with Crippen LogP contribution in [0.4, 0.5) is 0 Å². The lowest BCUT2D eigenvalue weighted by Crippen LogP contribution is -2.31. The molecule has 1 rings (SSSR count). The molecule has 0 aliphatic carbocycles. The number of hydrogen-bond acceptors (Lipinski definition) is 2. The minimum atomic E-state index is -0.875. The van der Waals surface area contributed by atoms with Crippen molar-refractivity contribution in [2.45, 2.75) is 47.0 Å². The molecule has 0 heterocycles. The molecule has 1 N–H and O–H groups in total. The summed E-state index contributed by atoms with van der Waals surface area (Å²) in [7, 11) is 0. The quantitative estimate of drug-likeness (QED) is 0.883. The molecule has 0 aliphatic heterocycles. The third-order valence-electron chi connectivity index (χ3n) is 3.48. The Labute approximate surface area is 114 Å². The van der Waals surface area contributed by atoms with Crippen LogP contribution >= 0.6 is 0 Å². The highest BCUT2D eigenvalue weighted by Gasteiger charge is 2.38. The second-order valence-electron chi connectivity index (χ2n) is 6.00. The second kappa shape index (κ2) is 5.55. The lowest BCUT2D eigenvalue weighted by Gasteiger charge is -2.32. The van der Waals surface area contributed by atoms with E-state index < -0.39 is 17.3 Å². The Kier molecular flexibility index (Phi) is 4.51. The van der Waals surface area contributed by atoms with E-state index in [0.717, 1.165) is 16.7 Å². The van der Waals surface area contributed by atoms with Crippen LogP contribution in [0.3, 0.4) is 0 Å². The summed E-state index contributed by atoms with van der Waals surface area (Å²) < 4.78 is 0. The van der Waals surface area contributed by atoms with E-state index in [1.807, 2.05) is 45.9 Å². The summed E-state index contributed by atoms with van der Waals surface area (Å²) in [5.74, 6) is -1.53. The molecular formula is C16H22O3. The highest BCUT2D eigenvalue weighted by molar-refractivity contribution is 5.81. The molecule has 0 fully saturated rings. The van der Waals surface area contributed by atoms with Gasteiger partial charge in [-0.15, -0.1) is 0 Å². The van der Waals surface area contributed by atoms with Gasteiger partial charge in [0.1, 0.15) is 5.78 Å². The van der Waals surface area contributed by atoms with Crippen molar-refractivity contribution in [3.8, 4) is 0 Å². The molecule has 0 aliphatic rings. The molecule has 0 bridgehead atoms. The highest BCUT2D eigenvalue weighted by atomic mass is 16.4. The number of carboxylic acid groups (broad SMARTS) is 1. The van der Waals surface area contributed by atoms with E-state index in [4.69, 9.17) is 0 Å². The number of carbonyl (C=O) groups is 2. The van der Waals surface area contributed by atoms with Crippen LogP contribution in [0.25, 0.3) is 0 Å². The van der Waals surface area contributed by atoms with Gasteiger partial charge in [-0.3, -0.25) is 4.79 Å². The van der Waals surface area contributed by atoms with Gasteiger partial charge in [0.05, 0.1) is 5.92 Å². The third kappa shape index (κ3) is 3.66. The Morgan fingerprint density at radius 3 is 2.32 bits per heavy atom. The zero-order valence-electron chi connectivity index (χ0n) is 12.3. The van der Waals surface area contributed by atoms with Crippen molar-refractivity contribution < 1.29 is 14.7 Å². The first-order chi connectivity index (χ1) is 8.65. The third-order valence-corrected chi connectivity index (χ3v) is 3.48. The minimum Gasteiger partial charge on any atom is -0.481 e. The van der Waals surface area contributed by atoms with Crippen LogP contribution < -0.4 is 0 Å². The molecule has 0 aromatic heterocycles.